The molecule has 2 N–H and O–H groups in total. The smallest absolute Gasteiger partial charge is 0.0371 e. The summed E-state index contributed by atoms with van der Waals surface area (Å²) in [6.07, 6.45) is 6.87. The van der Waals surface area contributed by atoms with Gasteiger partial charge in [0.15, 0.2) is 0 Å². The third-order valence-electron chi connectivity index (χ3n) is 3.99. The van der Waals surface area contributed by atoms with Crippen molar-refractivity contribution < 1.29 is 0 Å². The molecule has 0 bridgehead atoms. The minimum atomic E-state index is 0.567. The molecule has 0 aliphatic heterocycles. The second kappa shape index (κ2) is 6.24. The molecule has 0 amide bonds. The lowest BCUT2D eigenvalue weighted by Gasteiger charge is -2.39. The molecule has 1 saturated carbocycles. The van der Waals surface area contributed by atoms with E-state index in [0.717, 1.165) is 6.04 Å². The van der Waals surface area contributed by atoms with Crippen LogP contribution in [0.15, 0.2) is 24.3 Å². The molecule has 1 aliphatic rings. The van der Waals surface area contributed by atoms with E-state index >= 15 is 0 Å². The standard InChI is InChI=1S/C16H26N2/c1-13(2)18(15-6-4-3-5-7-15)16-10-8-14(12-17)9-11-16/h8-11,13,15H,3-7,12,17H2,1-2H3. The highest BCUT2D eigenvalue weighted by Gasteiger charge is 2.23. The Morgan fingerprint density at radius 2 is 1.72 bits per heavy atom. The molecule has 100 valence electrons. The number of nitrogens with zero attached hydrogens (tertiary/aromatic N) is 1. The van der Waals surface area contributed by atoms with Crippen LogP contribution in [0.1, 0.15) is 51.5 Å². The Morgan fingerprint density at radius 3 is 2.22 bits per heavy atom. The van der Waals surface area contributed by atoms with Crippen molar-refractivity contribution in [3.8, 4) is 0 Å². The summed E-state index contributed by atoms with van der Waals surface area (Å²) in [5, 5.41) is 0. The molecular weight excluding hydrogens is 220 g/mol. The van der Waals surface area contributed by atoms with Gasteiger partial charge in [-0.25, -0.2) is 0 Å². The minimum Gasteiger partial charge on any atom is -0.366 e. The van der Waals surface area contributed by atoms with E-state index in [1.165, 1.54) is 43.4 Å². The Morgan fingerprint density at radius 1 is 1.11 bits per heavy atom. The van der Waals surface area contributed by atoms with Gasteiger partial charge in [-0.05, 0) is 44.4 Å². The molecule has 2 heteroatoms. The molecule has 0 saturated heterocycles. The maximum Gasteiger partial charge on any atom is 0.0371 e. The van der Waals surface area contributed by atoms with Crippen molar-refractivity contribution in [2.24, 2.45) is 5.73 Å². The highest BCUT2D eigenvalue weighted by atomic mass is 15.2. The SMILES string of the molecule is CC(C)N(c1ccc(CN)cc1)C1CCCCC1. The van der Waals surface area contributed by atoms with E-state index in [0.29, 0.717) is 12.6 Å². The first-order valence-corrected chi connectivity index (χ1v) is 7.29. The average Bonchev–Trinajstić information content (AvgIpc) is 2.40. The highest BCUT2D eigenvalue weighted by Crippen LogP contribution is 2.29. The normalized spacial score (nSPS) is 17.1. The third kappa shape index (κ3) is 3.05. The van der Waals surface area contributed by atoms with Crippen molar-refractivity contribution >= 4 is 5.69 Å². The fraction of sp³-hybridized carbons (Fsp3) is 0.625. The summed E-state index contributed by atoms with van der Waals surface area (Å²) in [6.45, 7) is 5.22. The predicted molar refractivity (Wildman–Crippen MR) is 78.8 cm³/mol. The molecule has 0 unspecified atom stereocenters. The Labute approximate surface area is 111 Å². The third-order valence-corrected chi connectivity index (χ3v) is 3.99. The maximum absolute atomic E-state index is 5.66. The topological polar surface area (TPSA) is 29.3 Å². The number of nitrogens with two attached hydrogens (primary N) is 1. The van der Waals surface area contributed by atoms with Crippen LogP contribution >= 0.6 is 0 Å². The summed E-state index contributed by atoms with van der Waals surface area (Å²) >= 11 is 0. The van der Waals surface area contributed by atoms with E-state index < -0.39 is 0 Å². The molecule has 18 heavy (non-hydrogen) atoms. The van der Waals surface area contributed by atoms with E-state index in [-0.39, 0.29) is 0 Å². The molecule has 0 heterocycles. The molecule has 1 fully saturated rings. The predicted octanol–water partition coefficient (Wildman–Crippen LogP) is 3.69. The van der Waals surface area contributed by atoms with Crippen molar-refractivity contribution in [1.29, 1.82) is 0 Å². The maximum atomic E-state index is 5.66. The molecule has 1 aromatic carbocycles. The molecule has 2 rings (SSSR count). The molecule has 0 spiro atoms. The lowest BCUT2D eigenvalue weighted by atomic mass is 9.93. The monoisotopic (exact) mass is 246 g/mol. The fourth-order valence-electron chi connectivity index (χ4n) is 3.09. The zero-order valence-electron chi connectivity index (χ0n) is 11.7. The van der Waals surface area contributed by atoms with Crippen LogP contribution in [-0.4, -0.2) is 12.1 Å². The van der Waals surface area contributed by atoms with Gasteiger partial charge in [-0.3, -0.25) is 0 Å². The zero-order valence-corrected chi connectivity index (χ0v) is 11.7. The van der Waals surface area contributed by atoms with Crippen molar-refractivity contribution in [3.05, 3.63) is 29.8 Å². The molecule has 0 radical (unpaired) electrons. The van der Waals surface area contributed by atoms with Gasteiger partial charge in [-0.15, -0.1) is 0 Å². The van der Waals surface area contributed by atoms with Crippen LogP contribution in [0.3, 0.4) is 0 Å². The largest absolute Gasteiger partial charge is 0.366 e. The van der Waals surface area contributed by atoms with Crippen molar-refractivity contribution in [1.82, 2.24) is 0 Å². The van der Waals surface area contributed by atoms with Gasteiger partial charge in [0.2, 0.25) is 0 Å². The van der Waals surface area contributed by atoms with Gasteiger partial charge in [-0.1, -0.05) is 31.4 Å². The van der Waals surface area contributed by atoms with E-state index in [9.17, 15) is 0 Å². The first kappa shape index (κ1) is 13.4. The van der Waals surface area contributed by atoms with E-state index in [4.69, 9.17) is 5.73 Å². The average molecular weight is 246 g/mol. The Bertz CT molecular complexity index is 350. The quantitative estimate of drug-likeness (QED) is 0.878. The van der Waals surface area contributed by atoms with Gasteiger partial charge in [0.05, 0.1) is 0 Å². The Kier molecular flexibility index (Phi) is 4.65. The number of rotatable bonds is 4. The van der Waals surface area contributed by atoms with Gasteiger partial charge in [0, 0.05) is 24.3 Å². The number of hydrogen-bond donors (Lipinski definition) is 1. The molecule has 1 aromatic rings. The minimum absolute atomic E-state index is 0.567. The van der Waals surface area contributed by atoms with Crippen LogP contribution in [0, 0.1) is 0 Å². The molecule has 0 aromatic heterocycles. The summed E-state index contributed by atoms with van der Waals surface area (Å²) in [5.41, 5.74) is 8.23. The van der Waals surface area contributed by atoms with Crippen molar-refractivity contribution in [2.75, 3.05) is 4.90 Å². The first-order valence-electron chi connectivity index (χ1n) is 7.29. The summed E-state index contributed by atoms with van der Waals surface area (Å²) in [6, 6.07) is 10.1. The van der Waals surface area contributed by atoms with Gasteiger partial charge in [0.1, 0.15) is 0 Å². The molecule has 2 nitrogen and oxygen atoms in total. The zero-order chi connectivity index (χ0) is 13.0. The lowest BCUT2D eigenvalue weighted by Crippen LogP contribution is -2.41. The van der Waals surface area contributed by atoms with Gasteiger partial charge >= 0.3 is 0 Å². The van der Waals surface area contributed by atoms with Gasteiger partial charge in [0.25, 0.3) is 0 Å². The van der Waals surface area contributed by atoms with Crippen LogP contribution < -0.4 is 10.6 Å². The second-order valence-corrected chi connectivity index (χ2v) is 5.66. The van der Waals surface area contributed by atoms with Crippen molar-refractivity contribution in [2.45, 2.75) is 64.6 Å². The number of anilines is 1. The lowest BCUT2D eigenvalue weighted by molar-refractivity contribution is 0.398. The van der Waals surface area contributed by atoms with Gasteiger partial charge < -0.3 is 10.6 Å². The highest BCUT2D eigenvalue weighted by molar-refractivity contribution is 5.49. The summed E-state index contributed by atoms with van der Waals surface area (Å²) in [4.78, 5) is 2.60. The van der Waals surface area contributed by atoms with Crippen LogP contribution in [0.2, 0.25) is 0 Å². The van der Waals surface area contributed by atoms with E-state index in [1.807, 2.05) is 0 Å². The first-order chi connectivity index (χ1) is 8.72. The Balaban J connectivity index is 2.17. The summed E-state index contributed by atoms with van der Waals surface area (Å²) in [7, 11) is 0. The van der Waals surface area contributed by atoms with E-state index in [2.05, 4.69) is 43.0 Å². The van der Waals surface area contributed by atoms with Crippen LogP contribution in [0.4, 0.5) is 5.69 Å². The molecule has 1 aliphatic carbocycles. The number of hydrogen-bond acceptors (Lipinski definition) is 2. The van der Waals surface area contributed by atoms with Crippen molar-refractivity contribution in [3.63, 3.8) is 0 Å². The van der Waals surface area contributed by atoms with E-state index in [1.54, 1.807) is 0 Å². The van der Waals surface area contributed by atoms with Crippen LogP contribution in [0.5, 0.6) is 0 Å². The number of benzene rings is 1. The van der Waals surface area contributed by atoms with Crippen LogP contribution in [0.25, 0.3) is 0 Å². The summed E-state index contributed by atoms with van der Waals surface area (Å²) in [5.74, 6) is 0. The van der Waals surface area contributed by atoms with Gasteiger partial charge in [-0.2, -0.15) is 0 Å². The summed E-state index contributed by atoms with van der Waals surface area (Å²) < 4.78 is 0. The fourth-order valence-corrected chi connectivity index (χ4v) is 3.09. The molecule has 0 atom stereocenters. The molecular formula is C16H26N2. The Hall–Kier alpha value is -1.02. The second-order valence-electron chi connectivity index (χ2n) is 5.66. The van der Waals surface area contributed by atoms with Crippen LogP contribution in [-0.2, 0) is 6.54 Å².